The number of primary amides is 1. The minimum absolute atomic E-state index is 0.202. The number of carbonyl (C=O) groups excluding carboxylic acids is 6. The highest BCUT2D eigenvalue weighted by Gasteiger charge is 2.35. The van der Waals surface area contributed by atoms with Gasteiger partial charge in [0.05, 0.1) is 13.0 Å². The van der Waals surface area contributed by atoms with E-state index in [1.165, 1.54) is 0 Å². The third kappa shape index (κ3) is 14.7. The molecule has 7 atom stereocenters. The molecule has 0 aromatic carbocycles. The minimum Gasteiger partial charge on any atom is -0.480 e. The first-order valence-electron chi connectivity index (χ1n) is 15.5. The zero-order chi connectivity index (χ0) is 34.9. The van der Waals surface area contributed by atoms with E-state index < -0.39 is 89.9 Å². The van der Waals surface area contributed by atoms with E-state index in [9.17, 15) is 38.7 Å². The van der Waals surface area contributed by atoms with Gasteiger partial charge < -0.3 is 48.9 Å². The highest BCUT2D eigenvalue weighted by Crippen LogP contribution is 2.13. The fourth-order valence-corrected chi connectivity index (χ4v) is 4.35. The summed E-state index contributed by atoms with van der Waals surface area (Å²) >= 11 is 0. The Morgan fingerprint density at radius 3 is 1.53 bits per heavy atom. The van der Waals surface area contributed by atoms with Gasteiger partial charge in [-0.3, -0.25) is 28.8 Å². The molecule has 0 unspecified atom stereocenters. The molecule has 0 aromatic rings. The predicted octanol–water partition coefficient (Wildman–Crippen LogP) is -1.79. The van der Waals surface area contributed by atoms with Crippen LogP contribution >= 0.6 is 0 Å². The second-order valence-electron chi connectivity index (χ2n) is 11.7. The van der Waals surface area contributed by atoms with Crippen LogP contribution in [-0.4, -0.2) is 89.8 Å². The van der Waals surface area contributed by atoms with Crippen LogP contribution in [0.5, 0.6) is 0 Å². The summed E-state index contributed by atoms with van der Waals surface area (Å²) in [6.07, 6.45) is 1.61. The van der Waals surface area contributed by atoms with Gasteiger partial charge in [-0.25, -0.2) is 4.79 Å². The van der Waals surface area contributed by atoms with Gasteiger partial charge in [-0.05, 0) is 43.6 Å². The summed E-state index contributed by atoms with van der Waals surface area (Å²) in [6, 6.07) is -5.95. The third-order valence-electron chi connectivity index (χ3n) is 7.64. The Bertz CT molecular complexity index is 1020. The van der Waals surface area contributed by atoms with Crippen LogP contribution in [0, 0.1) is 17.8 Å². The molecule has 12 N–H and O–H groups in total. The number of hydrogen-bond acceptors (Lipinski definition) is 9. The largest absolute Gasteiger partial charge is 0.480 e. The van der Waals surface area contributed by atoms with Crippen molar-refractivity contribution in [2.45, 2.75) is 110 Å². The molecule has 0 aliphatic heterocycles. The summed E-state index contributed by atoms with van der Waals surface area (Å²) in [5, 5.41) is 22.2. The number of carbonyl (C=O) groups is 7. The molecule has 0 aliphatic carbocycles. The molecule has 0 aromatic heterocycles. The number of hydrogen-bond donors (Lipinski definition) is 9. The molecular weight excluding hydrogens is 588 g/mol. The summed E-state index contributed by atoms with van der Waals surface area (Å²) in [5.74, 6) is -6.89. The molecule has 16 heteroatoms. The van der Waals surface area contributed by atoms with E-state index in [-0.39, 0.29) is 18.9 Å². The van der Waals surface area contributed by atoms with Crippen molar-refractivity contribution in [3.63, 3.8) is 0 Å². The minimum atomic E-state index is -1.59. The molecule has 0 spiro atoms. The van der Waals surface area contributed by atoms with E-state index >= 15 is 0 Å². The van der Waals surface area contributed by atoms with E-state index in [1.807, 2.05) is 6.92 Å². The molecule has 0 saturated heterocycles. The maximum atomic E-state index is 13.5. The molecule has 0 rings (SSSR count). The molecule has 258 valence electrons. The van der Waals surface area contributed by atoms with E-state index in [0.717, 1.165) is 0 Å². The van der Waals surface area contributed by atoms with Gasteiger partial charge in [0.15, 0.2) is 0 Å². The van der Waals surface area contributed by atoms with Crippen molar-refractivity contribution < 1.29 is 38.7 Å². The molecule has 0 aliphatic rings. The topological polar surface area (TPSA) is 278 Å². The van der Waals surface area contributed by atoms with Crippen LogP contribution in [0.3, 0.4) is 0 Å². The molecule has 0 heterocycles. The average molecular weight is 643 g/mol. The van der Waals surface area contributed by atoms with Crippen molar-refractivity contribution in [1.82, 2.24) is 26.6 Å². The highest BCUT2D eigenvalue weighted by molar-refractivity contribution is 5.96. The van der Waals surface area contributed by atoms with Gasteiger partial charge >= 0.3 is 5.97 Å². The Kier molecular flexibility index (Phi) is 19.3. The smallest absolute Gasteiger partial charge is 0.326 e. The van der Waals surface area contributed by atoms with Gasteiger partial charge in [-0.1, -0.05) is 54.4 Å². The van der Waals surface area contributed by atoms with Crippen LogP contribution in [-0.2, 0) is 33.6 Å². The van der Waals surface area contributed by atoms with Gasteiger partial charge in [-0.2, -0.15) is 0 Å². The van der Waals surface area contributed by atoms with E-state index in [2.05, 4.69) is 26.6 Å². The van der Waals surface area contributed by atoms with Crippen molar-refractivity contribution in [2.24, 2.45) is 35.0 Å². The van der Waals surface area contributed by atoms with Crippen LogP contribution in [0.25, 0.3) is 0 Å². The number of rotatable bonds is 22. The van der Waals surface area contributed by atoms with Crippen LogP contribution in [0.1, 0.15) is 80.1 Å². The molecule has 6 amide bonds. The maximum absolute atomic E-state index is 13.5. The summed E-state index contributed by atoms with van der Waals surface area (Å²) < 4.78 is 0. The fraction of sp³-hybridized carbons (Fsp3) is 0.759. The SMILES string of the molecule is CC[C@H](C)[C@H](NC(=O)CN)C(=O)N[C@@H](CCCCN)C(=O)N[C@H](C(=O)N[C@H](C(=O)N[C@@H](CC(N)=O)C(=O)O)[C@@H](C)CC)C(C)C. The number of aliphatic carboxylic acids is 1. The lowest BCUT2D eigenvalue weighted by Crippen LogP contribution is -2.61. The first-order chi connectivity index (χ1) is 21.0. The van der Waals surface area contributed by atoms with Crippen LogP contribution < -0.4 is 43.8 Å². The van der Waals surface area contributed by atoms with Gasteiger partial charge in [0.25, 0.3) is 0 Å². The predicted molar refractivity (Wildman–Crippen MR) is 167 cm³/mol. The van der Waals surface area contributed by atoms with E-state index in [4.69, 9.17) is 17.2 Å². The zero-order valence-corrected chi connectivity index (χ0v) is 27.3. The van der Waals surface area contributed by atoms with Gasteiger partial charge in [0.1, 0.15) is 30.2 Å². The van der Waals surface area contributed by atoms with Gasteiger partial charge in [0, 0.05) is 0 Å². The van der Waals surface area contributed by atoms with E-state index in [0.29, 0.717) is 32.2 Å². The number of nitrogens with two attached hydrogens (primary N) is 3. The van der Waals surface area contributed by atoms with Crippen molar-refractivity contribution in [3.05, 3.63) is 0 Å². The molecule has 45 heavy (non-hydrogen) atoms. The van der Waals surface area contributed by atoms with Crippen LogP contribution in [0.4, 0.5) is 0 Å². The first-order valence-corrected chi connectivity index (χ1v) is 15.5. The number of unbranched alkanes of at least 4 members (excludes halogenated alkanes) is 1. The van der Waals surface area contributed by atoms with Crippen molar-refractivity contribution in [1.29, 1.82) is 0 Å². The first kappa shape index (κ1) is 41.2. The second-order valence-corrected chi connectivity index (χ2v) is 11.7. The second kappa shape index (κ2) is 21.0. The Morgan fingerprint density at radius 1 is 0.644 bits per heavy atom. The van der Waals surface area contributed by atoms with Gasteiger partial charge in [0.2, 0.25) is 35.4 Å². The lowest BCUT2D eigenvalue weighted by molar-refractivity contribution is -0.144. The van der Waals surface area contributed by atoms with E-state index in [1.54, 1.807) is 34.6 Å². The van der Waals surface area contributed by atoms with Crippen molar-refractivity contribution >= 4 is 41.4 Å². The number of carboxylic acid groups (broad SMARTS) is 1. The standard InChI is InChI=1S/C29H54N8O8/c1-7-16(5)23(35-21(39)14-31)27(42)33-18(11-9-10-12-30)25(40)36-22(15(3)4)26(41)37-24(17(6)8-2)28(43)34-19(29(44)45)13-20(32)38/h15-19,22-24H,7-14,30-31H2,1-6H3,(H2,32,38)(H,33,42)(H,34,43)(H,35,39)(H,36,40)(H,37,41)(H,44,45)/t16-,17-,18-,19-,22-,23-,24-/m0/s1. The highest BCUT2D eigenvalue weighted by atomic mass is 16.4. The molecule has 16 nitrogen and oxygen atoms in total. The quantitative estimate of drug-likeness (QED) is 0.0598. The maximum Gasteiger partial charge on any atom is 0.326 e. The molecular formula is C29H54N8O8. The monoisotopic (exact) mass is 642 g/mol. The number of carboxylic acids is 1. The average Bonchev–Trinajstić information content (AvgIpc) is 2.98. The normalized spacial score (nSPS) is 15.8. The molecule has 0 saturated carbocycles. The van der Waals surface area contributed by atoms with Gasteiger partial charge in [-0.15, -0.1) is 0 Å². The molecule has 0 bridgehead atoms. The number of amides is 6. The zero-order valence-electron chi connectivity index (χ0n) is 27.3. The summed E-state index contributed by atoms with van der Waals surface area (Å²) in [5.41, 5.74) is 16.1. The fourth-order valence-electron chi connectivity index (χ4n) is 4.35. The Morgan fingerprint density at radius 2 is 1.11 bits per heavy atom. The molecule has 0 fully saturated rings. The Hall–Kier alpha value is -3.79. The summed E-state index contributed by atoms with van der Waals surface area (Å²) in [6.45, 7) is 10.5. The van der Waals surface area contributed by atoms with Crippen molar-refractivity contribution in [2.75, 3.05) is 13.1 Å². The van der Waals surface area contributed by atoms with Crippen LogP contribution in [0.2, 0.25) is 0 Å². The summed E-state index contributed by atoms with van der Waals surface area (Å²) in [4.78, 5) is 88.2. The third-order valence-corrected chi connectivity index (χ3v) is 7.64. The molecule has 0 radical (unpaired) electrons. The number of nitrogens with one attached hydrogen (secondary N) is 5. The summed E-state index contributed by atoms with van der Waals surface area (Å²) in [7, 11) is 0. The lowest BCUT2D eigenvalue weighted by Gasteiger charge is -2.30. The Balaban J connectivity index is 6.05. The van der Waals surface area contributed by atoms with Crippen LogP contribution in [0.15, 0.2) is 0 Å². The lowest BCUT2D eigenvalue weighted by atomic mass is 9.95. The van der Waals surface area contributed by atoms with Crippen molar-refractivity contribution in [3.8, 4) is 0 Å². The Labute approximate surface area is 265 Å².